The van der Waals surface area contributed by atoms with Gasteiger partial charge in [-0.3, -0.25) is 25.2 Å². The maximum absolute atomic E-state index is 12.6. The fraction of sp³-hybridized carbons (Fsp3) is 0.250. The standard InChI is InChI=1S/C20H22N4O5S/c25-18(14-21-19(26)15-7-2-1-3-8-15)22-23-20(27)16-9-6-10-17(13-16)30(28,29)24-11-4-5-12-24/h1-3,6-10,13H,4-5,11-12,14H2,(H,21,26)(H,22,25)(H,23,27). The van der Waals surface area contributed by atoms with Crippen LogP contribution in [0.2, 0.25) is 0 Å². The van der Waals surface area contributed by atoms with Gasteiger partial charge in [0.25, 0.3) is 17.7 Å². The highest BCUT2D eigenvalue weighted by molar-refractivity contribution is 7.89. The molecule has 3 N–H and O–H groups in total. The summed E-state index contributed by atoms with van der Waals surface area (Å²) in [7, 11) is -3.65. The highest BCUT2D eigenvalue weighted by atomic mass is 32.2. The fourth-order valence-electron chi connectivity index (χ4n) is 2.97. The van der Waals surface area contributed by atoms with Crippen LogP contribution in [0.4, 0.5) is 0 Å². The number of nitrogens with zero attached hydrogens (tertiary/aromatic N) is 1. The second kappa shape index (κ2) is 9.51. The maximum atomic E-state index is 12.6. The van der Waals surface area contributed by atoms with Crippen molar-refractivity contribution in [2.45, 2.75) is 17.7 Å². The van der Waals surface area contributed by atoms with Crippen molar-refractivity contribution < 1.29 is 22.8 Å². The van der Waals surface area contributed by atoms with Gasteiger partial charge in [-0.05, 0) is 43.2 Å². The summed E-state index contributed by atoms with van der Waals surface area (Å²) in [6.07, 6.45) is 1.62. The molecule has 0 unspecified atom stereocenters. The molecule has 0 saturated carbocycles. The minimum absolute atomic E-state index is 0.0264. The quantitative estimate of drug-likeness (QED) is 0.581. The number of rotatable bonds is 6. The van der Waals surface area contributed by atoms with E-state index in [1.807, 2.05) is 0 Å². The van der Waals surface area contributed by atoms with Crippen LogP contribution in [0.3, 0.4) is 0 Å². The second-order valence-electron chi connectivity index (χ2n) is 6.69. The van der Waals surface area contributed by atoms with Gasteiger partial charge in [-0.25, -0.2) is 8.42 Å². The van der Waals surface area contributed by atoms with Crippen LogP contribution < -0.4 is 16.2 Å². The molecule has 1 saturated heterocycles. The average Bonchev–Trinajstić information content (AvgIpc) is 3.32. The van der Waals surface area contributed by atoms with Crippen molar-refractivity contribution in [3.05, 3.63) is 65.7 Å². The van der Waals surface area contributed by atoms with E-state index in [1.165, 1.54) is 28.6 Å². The Labute approximate surface area is 174 Å². The number of hydrogen-bond acceptors (Lipinski definition) is 5. The molecule has 1 aliphatic rings. The molecule has 0 bridgehead atoms. The van der Waals surface area contributed by atoms with Crippen LogP contribution >= 0.6 is 0 Å². The molecule has 3 amide bonds. The maximum Gasteiger partial charge on any atom is 0.269 e. The molecule has 0 spiro atoms. The lowest BCUT2D eigenvalue weighted by Gasteiger charge is -2.16. The molecule has 1 fully saturated rings. The van der Waals surface area contributed by atoms with E-state index in [9.17, 15) is 22.8 Å². The summed E-state index contributed by atoms with van der Waals surface area (Å²) >= 11 is 0. The Morgan fingerprint density at radius 1 is 0.833 bits per heavy atom. The lowest BCUT2D eigenvalue weighted by molar-refractivity contribution is -0.120. The zero-order chi connectivity index (χ0) is 21.6. The molecule has 1 heterocycles. The van der Waals surface area contributed by atoms with E-state index in [4.69, 9.17) is 0 Å². The Balaban J connectivity index is 1.53. The van der Waals surface area contributed by atoms with Gasteiger partial charge in [0.2, 0.25) is 10.0 Å². The molecule has 0 aliphatic carbocycles. The van der Waals surface area contributed by atoms with E-state index in [2.05, 4.69) is 16.2 Å². The van der Waals surface area contributed by atoms with Gasteiger partial charge >= 0.3 is 0 Å². The monoisotopic (exact) mass is 430 g/mol. The minimum Gasteiger partial charge on any atom is -0.343 e. The number of hydrazine groups is 1. The second-order valence-corrected chi connectivity index (χ2v) is 8.63. The van der Waals surface area contributed by atoms with Gasteiger partial charge in [-0.15, -0.1) is 0 Å². The van der Waals surface area contributed by atoms with Crippen molar-refractivity contribution in [2.24, 2.45) is 0 Å². The van der Waals surface area contributed by atoms with Crippen LogP contribution in [0.25, 0.3) is 0 Å². The fourth-order valence-corrected chi connectivity index (χ4v) is 4.53. The lowest BCUT2D eigenvalue weighted by Crippen LogP contribution is -2.46. The van der Waals surface area contributed by atoms with Crippen LogP contribution in [-0.4, -0.2) is 50.1 Å². The number of carbonyl (C=O) groups excluding carboxylic acids is 3. The predicted octanol–water partition coefficient (Wildman–Crippen LogP) is 0.662. The normalized spacial score (nSPS) is 14.1. The molecule has 3 rings (SSSR count). The molecule has 9 nitrogen and oxygen atoms in total. The predicted molar refractivity (Wildman–Crippen MR) is 109 cm³/mol. The molecule has 2 aromatic rings. The van der Waals surface area contributed by atoms with Crippen molar-refractivity contribution in [1.82, 2.24) is 20.5 Å². The zero-order valence-corrected chi connectivity index (χ0v) is 16.9. The lowest BCUT2D eigenvalue weighted by atomic mass is 10.2. The molecule has 30 heavy (non-hydrogen) atoms. The Bertz CT molecular complexity index is 1030. The van der Waals surface area contributed by atoms with Gasteiger partial charge in [0, 0.05) is 24.2 Å². The van der Waals surface area contributed by atoms with Crippen molar-refractivity contribution in [1.29, 1.82) is 0 Å². The Kier molecular flexibility index (Phi) is 6.80. The molecule has 2 aromatic carbocycles. The number of sulfonamides is 1. The smallest absolute Gasteiger partial charge is 0.269 e. The molecule has 0 aromatic heterocycles. The highest BCUT2D eigenvalue weighted by Crippen LogP contribution is 2.21. The first-order chi connectivity index (χ1) is 14.4. The summed E-state index contributed by atoms with van der Waals surface area (Å²) < 4.78 is 26.6. The molecule has 10 heteroatoms. The molecule has 0 atom stereocenters. The number of carbonyl (C=O) groups is 3. The molecule has 0 radical (unpaired) electrons. The first-order valence-corrected chi connectivity index (χ1v) is 10.8. The van der Waals surface area contributed by atoms with Gasteiger partial charge < -0.3 is 5.32 Å². The summed E-state index contributed by atoms with van der Waals surface area (Å²) in [6, 6.07) is 14.0. The number of nitrogens with one attached hydrogen (secondary N) is 3. The van der Waals surface area contributed by atoms with E-state index in [-0.39, 0.29) is 17.0 Å². The van der Waals surface area contributed by atoms with E-state index >= 15 is 0 Å². The van der Waals surface area contributed by atoms with Gasteiger partial charge in [0.05, 0.1) is 11.4 Å². The van der Waals surface area contributed by atoms with Gasteiger partial charge in [0.15, 0.2) is 0 Å². The largest absolute Gasteiger partial charge is 0.343 e. The molecular weight excluding hydrogens is 408 g/mol. The van der Waals surface area contributed by atoms with Gasteiger partial charge in [0.1, 0.15) is 0 Å². The zero-order valence-electron chi connectivity index (χ0n) is 16.1. The molecule has 158 valence electrons. The third-order valence-electron chi connectivity index (χ3n) is 4.56. The summed E-state index contributed by atoms with van der Waals surface area (Å²) in [6.45, 7) is 0.588. The number of amides is 3. The summed E-state index contributed by atoms with van der Waals surface area (Å²) in [4.78, 5) is 36.1. The van der Waals surface area contributed by atoms with Crippen LogP contribution in [-0.2, 0) is 14.8 Å². The van der Waals surface area contributed by atoms with Crippen LogP contribution in [0, 0.1) is 0 Å². The van der Waals surface area contributed by atoms with E-state index < -0.39 is 27.7 Å². The van der Waals surface area contributed by atoms with Crippen LogP contribution in [0.5, 0.6) is 0 Å². The highest BCUT2D eigenvalue weighted by Gasteiger charge is 2.27. The van der Waals surface area contributed by atoms with Crippen LogP contribution in [0.1, 0.15) is 33.6 Å². The van der Waals surface area contributed by atoms with Crippen molar-refractivity contribution >= 4 is 27.7 Å². The first-order valence-electron chi connectivity index (χ1n) is 9.40. The van der Waals surface area contributed by atoms with Gasteiger partial charge in [-0.1, -0.05) is 24.3 Å². The van der Waals surface area contributed by atoms with Crippen molar-refractivity contribution in [2.75, 3.05) is 19.6 Å². The summed E-state index contributed by atoms with van der Waals surface area (Å²) in [5.74, 6) is -1.72. The topological polar surface area (TPSA) is 125 Å². The average molecular weight is 430 g/mol. The van der Waals surface area contributed by atoms with E-state index in [0.717, 1.165) is 12.8 Å². The van der Waals surface area contributed by atoms with Crippen LogP contribution in [0.15, 0.2) is 59.5 Å². The van der Waals surface area contributed by atoms with Gasteiger partial charge in [-0.2, -0.15) is 4.31 Å². The summed E-state index contributed by atoms with van der Waals surface area (Å²) in [5.41, 5.74) is 4.89. The van der Waals surface area contributed by atoms with Crippen molar-refractivity contribution in [3.63, 3.8) is 0 Å². The number of benzene rings is 2. The molecular formula is C20H22N4O5S. The van der Waals surface area contributed by atoms with E-state index in [1.54, 1.807) is 30.3 Å². The first kappa shape index (κ1) is 21.5. The Morgan fingerprint density at radius 3 is 2.20 bits per heavy atom. The summed E-state index contributed by atoms with van der Waals surface area (Å²) in [5, 5.41) is 2.44. The third-order valence-corrected chi connectivity index (χ3v) is 6.45. The molecule has 1 aliphatic heterocycles. The Morgan fingerprint density at radius 2 is 1.50 bits per heavy atom. The SMILES string of the molecule is O=C(CNC(=O)c1ccccc1)NNC(=O)c1cccc(S(=O)(=O)N2CCCC2)c1. The Hall–Kier alpha value is -3.24. The minimum atomic E-state index is -3.65. The third kappa shape index (κ3) is 5.22. The van der Waals surface area contributed by atoms with Crippen molar-refractivity contribution in [3.8, 4) is 0 Å². The number of hydrogen-bond donors (Lipinski definition) is 3. The van der Waals surface area contributed by atoms with E-state index in [0.29, 0.717) is 18.7 Å².